The van der Waals surface area contributed by atoms with Crippen LogP contribution in [-0.4, -0.2) is 36.1 Å². The van der Waals surface area contributed by atoms with Gasteiger partial charge in [-0.05, 0) is 38.4 Å². The summed E-state index contributed by atoms with van der Waals surface area (Å²) >= 11 is 0. The topological polar surface area (TPSA) is 69.6 Å². The minimum Gasteiger partial charge on any atom is -0.481 e. The van der Waals surface area contributed by atoms with Crippen molar-refractivity contribution in [3.05, 3.63) is 30.3 Å². The fourth-order valence-corrected chi connectivity index (χ4v) is 2.76. The zero-order valence-electron chi connectivity index (χ0n) is 12.3. The summed E-state index contributed by atoms with van der Waals surface area (Å²) in [5.41, 5.74) is 0.840. The van der Waals surface area contributed by atoms with Crippen LogP contribution in [0, 0.1) is 5.92 Å². The van der Waals surface area contributed by atoms with Gasteiger partial charge in [-0.3, -0.25) is 9.59 Å². The number of benzene rings is 1. The number of carbonyl (C=O) groups is 2. The van der Waals surface area contributed by atoms with E-state index in [0.29, 0.717) is 13.0 Å². The zero-order valence-corrected chi connectivity index (χ0v) is 12.3. The van der Waals surface area contributed by atoms with E-state index < -0.39 is 5.97 Å². The third-order valence-electron chi connectivity index (χ3n) is 3.95. The predicted molar refractivity (Wildman–Crippen MR) is 81.2 cm³/mol. The average molecular weight is 290 g/mol. The molecule has 2 atom stereocenters. The minimum atomic E-state index is -0.827. The number of carboxylic acid groups (broad SMARTS) is 1. The summed E-state index contributed by atoms with van der Waals surface area (Å²) in [7, 11) is 0. The maximum Gasteiger partial charge on any atom is 0.303 e. The Labute approximate surface area is 125 Å². The van der Waals surface area contributed by atoms with Crippen LogP contribution >= 0.6 is 0 Å². The highest BCUT2D eigenvalue weighted by molar-refractivity contribution is 5.95. The molecule has 1 heterocycles. The van der Waals surface area contributed by atoms with Crippen molar-refractivity contribution in [1.82, 2.24) is 5.32 Å². The highest BCUT2D eigenvalue weighted by Gasteiger charge is 2.33. The number of nitrogens with one attached hydrogen (secondary N) is 1. The number of rotatable bonds is 6. The van der Waals surface area contributed by atoms with Gasteiger partial charge in [0.1, 0.15) is 0 Å². The normalized spacial score (nSPS) is 21.2. The third-order valence-corrected chi connectivity index (χ3v) is 3.95. The lowest BCUT2D eigenvalue weighted by molar-refractivity contribution is -0.137. The van der Waals surface area contributed by atoms with Gasteiger partial charge in [-0.15, -0.1) is 0 Å². The number of carboxylic acids is 1. The minimum absolute atomic E-state index is 0.0324. The van der Waals surface area contributed by atoms with E-state index in [4.69, 9.17) is 5.11 Å². The summed E-state index contributed by atoms with van der Waals surface area (Å²) in [6.45, 7) is 3.32. The molecule has 1 aliphatic heterocycles. The van der Waals surface area contributed by atoms with E-state index in [2.05, 4.69) is 5.32 Å². The fraction of sp³-hybridized carbons (Fsp3) is 0.500. The molecule has 1 aliphatic rings. The first kappa shape index (κ1) is 15.5. The third kappa shape index (κ3) is 4.04. The van der Waals surface area contributed by atoms with Gasteiger partial charge in [-0.25, -0.2) is 0 Å². The zero-order chi connectivity index (χ0) is 15.2. The molecule has 1 aromatic rings. The Balaban J connectivity index is 2.11. The second-order valence-corrected chi connectivity index (χ2v) is 5.46. The number of nitrogens with zero attached hydrogens (tertiary/aromatic N) is 1. The van der Waals surface area contributed by atoms with Crippen LogP contribution in [0.25, 0.3) is 0 Å². The van der Waals surface area contributed by atoms with Crippen molar-refractivity contribution in [2.24, 2.45) is 5.92 Å². The molecule has 2 N–H and O–H groups in total. The second kappa shape index (κ2) is 7.22. The number of hydrogen-bond acceptors (Lipinski definition) is 3. The Kier molecular flexibility index (Phi) is 5.33. The van der Waals surface area contributed by atoms with E-state index in [1.165, 1.54) is 0 Å². The molecule has 2 unspecified atom stereocenters. The SMILES string of the molecule is CC1NCCC1C(=O)N(CCCC(=O)O)c1ccccc1. The van der Waals surface area contributed by atoms with Gasteiger partial charge in [0.05, 0.1) is 5.92 Å². The maximum absolute atomic E-state index is 12.8. The number of amides is 1. The van der Waals surface area contributed by atoms with Crippen LogP contribution in [0.5, 0.6) is 0 Å². The molecule has 1 saturated heterocycles. The van der Waals surface area contributed by atoms with Crippen LogP contribution in [0.4, 0.5) is 5.69 Å². The first-order valence-corrected chi connectivity index (χ1v) is 7.41. The highest BCUT2D eigenvalue weighted by atomic mass is 16.4. The van der Waals surface area contributed by atoms with Gasteiger partial charge >= 0.3 is 5.97 Å². The van der Waals surface area contributed by atoms with Crippen molar-refractivity contribution < 1.29 is 14.7 Å². The molecule has 0 saturated carbocycles. The second-order valence-electron chi connectivity index (χ2n) is 5.46. The van der Waals surface area contributed by atoms with Crippen LogP contribution in [-0.2, 0) is 9.59 Å². The molecule has 1 fully saturated rings. The molecule has 0 radical (unpaired) electrons. The first-order chi connectivity index (χ1) is 10.1. The van der Waals surface area contributed by atoms with Crippen molar-refractivity contribution in [3.63, 3.8) is 0 Å². The molecule has 0 bridgehead atoms. The van der Waals surface area contributed by atoms with Crippen molar-refractivity contribution in [3.8, 4) is 0 Å². The summed E-state index contributed by atoms with van der Waals surface area (Å²) in [5.74, 6) is -0.773. The lowest BCUT2D eigenvalue weighted by Gasteiger charge is -2.27. The van der Waals surface area contributed by atoms with E-state index in [1.54, 1.807) is 4.90 Å². The molecule has 0 aliphatic carbocycles. The van der Waals surface area contributed by atoms with Crippen molar-refractivity contribution in [1.29, 1.82) is 0 Å². The Morgan fingerprint density at radius 3 is 2.62 bits per heavy atom. The molecule has 5 nitrogen and oxygen atoms in total. The molecular weight excluding hydrogens is 268 g/mol. The molecule has 2 rings (SSSR count). The van der Waals surface area contributed by atoms with E-state index in [-0.39, 0.29) is 24.3 Å². The Morgan fingerprint density at radius 1 is 1.33 bits per heavy atom. The van der Waals surface area contributed by atoms with Gasteiger partial charge in [0.25, 0.3) is 0 Å². The van der Waals surface area contributed by atoms with Crippen LogP contribution in [0.15, 0.2) is 30.3 Å². The molecule has 1 aromatic carbocycles. The van der Waals surface area contributed by atoms with E-state index in [9.17, 15) is 9.59 Å². The van der Waals surface area contributed by atoms with E-state index in [0.717, 1.165) is 18.7 Å². The van der Waals surface area contributed by atoms with Gasteiger partial charge in [-0.2, -0.15) is 0 Å². The predicted octanol–water partition coefficient (Wildman–Crippen LogP) is 1.88. The smallest absolute Gasteiger partial charge is 0.303 e. The quantitative estimate of drug-likeness (QED) is 0.839. The summed E-state index contributed by atoms with van der Waals surface area (Å²) in [5, 5.41) is 12.1. The van der Waals surface area contributed by atoms with Gasteiger partial charge in [0.2, 0.25) is 5.91 Å². The number of carbonyl (C=O) groups excluding carboxylic acids is 1. The van der Waals surface area contributed by atoms with Gasteiger partial charge < -0.3 is 15.3 Å². The lowest BCUT2D eigenvalue weighted by Crippen LogP contribution is -2.41. The van der Waals surface area contributed by atoms with Crippen molar-refractivity contribution >= 4 is 17.6 Å². The number of aliphatic carboxylic acids is 1. The van der Waals surface area contributed by atoms with Crippen LogP contribution in [0.2, 0.25) is 0 Å². The lowest BCUT2D eigenvalue weighted by atomic mass is 9.99. The fourth-order valence-electron chi connectivity index (χ4n) is 2.76. The van der Waals surface area contributed by atoms with Gasteiger partial charge in [0.15, 0.2) is 0 Å². The monoisotopic (exact) mass is 290 g/mol. The molecule has 1 amide bonds. The van der Waals surface area contributed by atoms with E-state index >= 15 is 0 Å². The summed E-state index contributed by atoms with van der Waals surface area (Å²) in [6.07, 6.45) is 1.38. The molecule has 21 heavy (non-hydrogen) atoms. The van der Waals surface area contributed by atoms with Crippen LogP contribution in [0.3, 0.4) is 0 Å². The molecule has 114 valence electrons. The highest BCUT2D eigenvalue weighted by Crippen LogP contribution is 2.23. The molecule has 5 heteroatoms. The van der Waals surface area contributed by atoms with Crippen LogP contribution < -0.4 is 10.2 Å². The van der Waals surface area contributed by atoms with Gasteiger partial charge in [0, 0.05) is 24.7 Å². The molecule has 0 spiro atoms. The summed E-state index contributed by atoms with van der Waals surface area (Å²) in [4.78, 5) is 25.2. The largest absolute Gasteiger partial charge is 0.481 e. The maximum atomic E-state index is 12.8. The number of anilines is 1. The average Bonchev–Trinajstić information content (AvgIpc) is 2.90. The number of para-hydroxylation sites is 1. The standard InChI is InChI=1S/C16H22N2O3/c1-12-14(9-10-17-12)16(21)18(11-5-8-15(19)20)13-6-3-2-4-7-13/h2-4,6-7,12,14,17H,5,8-11H2,1H3,(H,19,20). The van der Waals surface area contributed by atoms with E-state index in [1.807, 2.05) is 37.3 Å². The summed E-state index contributed by atoms with van der Waals surface area (Å²) in [6, 6.07) is 9.65. The molecular formula is C16H22N2O3. The summed E-state index contributed by atoms with van der Waals surface area (Å²) < 4.78 is 0. The van der Waals surface area contributed by atoms with Crippen molar-refractivity contribution in [2.45, 2.75) is 32.2 Å². The number of hydrogen-bond donors (Lipinski definition) is 2. The Morgan fingerprint density at radius 2 is 2.05 bits per heavy atom. The molecule has 0 aromatic heterocycles. The Bertz CT molecular complexity index is 490. The Hall–Kier alpha value is -1.88. The van der Waals surface area contributed by atoms with Gasteiger partial charge in [-0.1, -0.05) is 18.2 Å². The van der Waals surface area contributed by atoms with Crippen LogP contribution in [0.1, 0.15) is 26.2 Å². The first-order valence-electron chi connectivity index (χ1n) is 7.41. The van der Waals surface area contributed by atoms with Crippen molar-refractivity contribution in [2.75, 3.05) is 18.0 Å².